The highest BCUT2D eigenvalue weighted by Crippen LogP contribution is 1.99. The summed E-state index contributed by atoms with van der Waals surface area (Å²) in [6.45, 7) is 3.94. The first kappa shape index (κ1) is 13.7. The summed E-state index contributed by atoms with van der Waals surface area (Å²) >= 11 is 0. The van der Waals surface area contributed by atoms with Gasteiger partial charge in [0.1, 0.15) is 16.6 Å². The third kappa shape index (κ3) is 4.17. The lowest BCUT2D eigenvalue weighted by atomic mass is 10.4. The molecule has 0 spiro atoms. The second-order valence-electron chi connectivity index (χ2n) is 3.25. The summed E-state index contributed by atoms with van der Waals surface area (Å²) in [6, 6.07) is 1.97. The lowest BCUT2D eigenvalue weighted by Gasteiger charge is -2.03. The Morgan fingerprint density at radius 3 is 2.41 bits per heavy atom. The number of nitrogens with zero attached hydrogens (tertiary/aromatic N) is 5. The molecule has 9 nitrogen and oxygen atoms in total. The third-order valence-corrected chi connectivity index (χ3v) is 1.77. The molecule has 2 rings (SSSR count). The van der Waals surface area contributed by atoms with E-state index in [1.807, 2.05) is 27.0 Å². The topological polar surface area (TPSA) is 136 Å². The van der Waals surface area contributed by atoms with Crippen molar-refractivity contribution in [2.45, 2.75) is 13.8 Å². The van der Waals surface area contributed by atoms with Crippen LogP contribution in [0.25, 0.3) is 5.78 Å². The van der Waals surface area contributed by atoms with Crippen LogP contribution in [0.4, 0.5) is 0 Å². The van der Waals surface area contributed by atoms with Crippen LogP contribution in [-0.2, 0) is 7.05 Å². The smallest absolute Gasteiger partial charge is 0.183 e. The predicted octanol–water partition coefficient (Wildman–Crippen LogP) is -4.56. The number of hydrogen-bond donors (Lipinski definition) is 1. The number of halogens is 1. The van der Waals surface area contributed by atoms with Crippen LogP contribution in [0.15, 0.2) is 6.07 Å². The molecule has 2 aromatic heterocycles. The highest BCUT2D eigenvalue weighted by Gasteiger charge is 2.13. The van der Waals surface area contributed by atoms with E-state index in [1.54, 1.807) is 9.20 Å². The largest absolute Gasteiger partial charge is 0.407 e. The Morgan fingerprint density at radius 1 is 1.35 bits per heavy atom. The molecule has 0 aromatic carbocycles. The lowest BCUT2D eigenvalue weighted by molar-refractivity contribution is -1.92. The SMILES string of the molecule is Cc1cc(C)n2nn[n+](C)c2n1.[O-][Cl+3]([O-])([O-])O. The van der Waals surface area contributed by atoms with Gasteiger partial charge in [-0.1, -0.05) is 4.52 Å². The van der Waals surface area contributed by atoms with Gasteiger partial charge in [0.25, 0.3) is 0 Å². The molecule has 17 heavy (non-hydrogen) atoms. The van der Waals surface area contributed by atoms with E-state index in [1.165, 1.54) is 0 Å². The molecule has 94 valence electrons. The Hall–Kier alpha value is -1.39. The van der Waals surface area contributed by atoms with Crippen molar-refractivity contribution in [1.29, 1.82) is 0 Å². The minimum atomic E-state index is -4.69. The summed E-state index contributed by atoms with van der Waals surface area (Å²) in [7, 11) is -2.87. The fraction of sp³-hybridized carbons (Fsp3) is 0.429. The minimum Gasteiger partial charge on any atom is -0.183 e. The maximum Gasteiger partial charge on any atom is 0.407 e. The molecule has 0 saturated carbocycles. The van der Waals surface area contributed by atoms with Gasteiger partial charge in [-0.15, -0.1) is 9.67 Å². The van der Waals surface area contributed by atoms with Crippen molar-refractivity contribution in [3.63, 3.8) is 0 Å². The molecule has 0 saturated heterocycles. The van der Waals surface area contributed by atoms with Crippen molar-refractivity contribution < 1.29 is 33.6 Å². The average molecular weight is 265 g/mol. The number of tetrazole rings is 1. The highest BCUT2D eigenvalue weighted by atomic mass is 35.7. The molecule has 0 aliphatic rings. The first-order valence-electron chi connectivity index (χ1n) is 4.37. The molecule has 0 aliphatic heterocycles. The van der Waals surface area contributed by atoms with Gasteiger partial charge in [-0.05, 0) is 13.8 Å². The van der Waals surface area contributed by atoms with Gasteiger partial charge in [0, 0.05) is 6.07 Å². The van der Waals surface area contributed by atoms with Crippen molar-refractivity contribution in [3.8, 4) is 0 Å². The van der Waals surface area contributed by atoms with E-state index in [-0.39, 0.29) is 0 Å². The fourth-order valence-corrected chi connectivity index (χ4v) is 1.22. The zero-order valence-corrected chi connectivity index (χ0v) is 10.1. The average Bonchev–Trinajstić information content (AvgIpc) is 2.45. The van der Waals surface area contributed by atoms with E-state index < -0.39 is 10.2 Å². The maximum atomic E-state index is 8.60. The Labute approximate surface area is 98.3 Å². The van der Waals surface area contributed by atoms with Gasteiger partial charge in [-0.2, -0.15) is 14.0 Å². The number of aromatic nitrogens is 5. The van der Waals surface area contributed by atoms with E-state index >= 15 is 0 Å². The summed E-state index contributed by atoms with van der Waals surface area (Å²) in [5.41, 5.74) is 2.03. The first-order chi connectivity index (χ1) is 7.68. The van der Waals surface area contributed by atoms with E-state index in [9.17, 15) is 0 Å². The van der Waals surface area contributed by atoms with Crippen LogP contribution in [0, 0.1) is 24.1 Å². The van der Waals surface area contributed by atoms with Gasteiger partial charge in [-0.3, -0.25) is 0 Å². The van der Waals surface area contributed by atoms with Crippen molar-refractivity contribution in [2.75, 3.05) is 0 Å². The Bertz CT molecular complexity index is 517. The zero-order valence-electron chi connectivity index (χ0n) is 9.36. The van der Waals surface area contributed by atoms with Crippen LogP contribution in [0.1, 0.15) is 11.4 Å². The molecule has 2 aromatic rings. The Morgan fingerprint density at radius 2 is 1.88 bits per heavy atom. The van der Waals surface area contributed by atoms with Crippen LogP contribution in [0.5, 0.6) is 0 Å². The Balaban J connectivity index is 0.000000249. The maximum absolute atomic E-state index is 8.60. The molecule has 0 amide bonds. The van der Waals surface area contributed by atoms with Crippen molar-refractivity contribution >= 4 is 5.78 Å². The van der Waals surface area contributed by atoms with E-state index in [4.69, 9.17) is 18.6 Å². The Kier molecular flexibility index (Phi) is 3.91. The number of fused-ring (bicyclic) bond motifs is 1. The molecule has 2 heterocycles. The van der Waals surface area contributed by atoms with Crippen LogP contribution >= 0.6 is 0 Å². The second-order valence-corrected chi connectivity index (χ2v) is 4.04. The lowest BCUT2D eigenvalue weighted by Crippen LogP contribution is -2.58. The van der Waals surface area contributed by atoms with Gasteiger partial charge in [-0.25, -0.2) is 0 Å². The van der Waals surface area contributed by atoms with E-state index in [2.05, 4.69) is 15.4 Å². The van der Waals surface area contributed by atoms with Gasteiger partial charge in [0.05, 0.1) is 27.2 Å². The normalized spacial score (nSPS) is 11.2. The van der Waals surface area contributed by atoms with Gasteiger partial charge in [0.2, 0.25) is 0 Å². The number of rotatable bonds is 0. The summed E-state index contributed by atoms with van der Waals surface area (Å²) in [6.07, 6.45) is 0. The molecule has 1 N–H and O–H groups in total. The zero-order chi connectivity index (χ0) is 13.2. The van der Waals surface area contributed by atoms with Crippen LogP contribution in [0.3, 0.4) is 0 Å². The minimum absolute atomic E-state index is 0.771. The quantitative estimate of drug-likeness (QED) is 0.473. The summed E-state index contributed by atoms with van der Waals surface area (Å²) in [4.78, 5) is 4.30. The fourth-order valence-electron chi connectivity index (χ4n) is 1.22. The molecule has 10 heteroatoms. The van der Waals surface area contributed by atoms with Crippen molar-refractivity contribution in [3.05, 3.63) is 17.5 Å². The third-order valence-electron chi connectivity index (χ3n) is 1.77. The first-order valence-corrected chi connectivity index (χ1v) is 5.64. The molecule has 0 atom stereocenters. The van der Waals surface area contributed by atoms with E-state index in [0.29, 0.717) is 0 Å². The monoisotopic (exact) mass is 264 g/mol. The van der Waals surface area contributed by atoms with Crippen LogP contribution in [0.2, 0.25) is 0 Å². The van der Waals surface area contributed by atoms with Gasteiger partial charge in [0.15, 0.2) is 0 Å². The van der Waals surface area contributed by atoms with Crippen LogP contribution in [-0.4, -0.2) is 24.6 Å². The molecule has 0 radical (unpaired) electrons. The summed E-state index contributed by atoms with van der Waals surface area (Å²) in [5.74, 6) is 0.771. The summed E-state index contributed by atoms with van der Waals surface area (Å²) < 4.78 is 36.1. The standard InChI is InChI=1S/C7H10N5.ClHO4/c1-5-4-6(2)12-7(8-5)11(3)9-10-12;2-1(3,4)5/h4H,1-3H3;(H,2,3,4,5)/q+1;. The van der Waals surface area contributed by atoms with Gasteiger partial charge < -0.3 is 0 Å². The predicted molar refractivity (Wildman–Crippen MR) is 43.7 cm³/mol. The van der Waals surface area contributed by atoms with Gasteiger partial charge >= 0.3 is 5.78 Å². The highest BCUT2D eigenvalue weighted by molar-refractivity contribution is 5.23. The number of aryl methyl sites for hydroxylation is 3. The number of hydrogen-bond acceptors (Lipinski definition) is 7. The molecule has 0 aliphatic carbocycles. The second kappa shape index (κ2) is 4.85. The summed E-state index contributed by atoms with van der Waals surface area (Å²) in [5, 5.41) is 7.79. The molecule has 0 bridgehead atoms. The van der Waals surface area contributed by atoms with Crippen LogP contribution < -0.4 is 18.7 Å². The van der Waals surface area contributed by atoms with Crippen molar-refractivity contribution in [2.24, 2.45) is 7.05 Å². The van der Waals surface area contributed by atoms with Crippen molar-refractivity contribution in [1.82, 2.24) is 19.9 Å². The molecule has 0 fully saturated rings. The molecule has 0 unspecified atom stereocenters. The molecular formula is C7H11ClN5O4+. The van der Waals surface area contributed by atoms with E-state index in [0.717, 1.165) is 17.2 Å². The molecular weight excluding hydrogens is 254 g/mol.